The van der Waals surface area contributed by atoms with Gasteiger partial charge in [0.1, 0.15) is 17.0 Å². The monoisotopic (exact) mass is 324 g/mol. The summed E-state index contributed by atoms with van der Waals surface area (Å²) in [5.41, 5.74) is 1.93. The first-order chi connectivity index (χ1) is 5.27. The van der Waals surface area contributed by atoms with Crippen LogP contribution in [0.4, 0.5) is 0 Å². The summed E-state index contributed by atoms with van der Waals surface area (Å²) in [5.74, 6) is 0. The van der Waals surface area contributed by atoms with E-state index in [0.29, 0.717) is 0 Å². The van der Waals surface area contributed by atoms with E-state index in [1.807, 2.05) is 6.20 Å². The van der Waals surface area contributed by atoms with E-state index in [0.717, 1.165) is 19.3 Å². The minimum atomic E-state index is 0.822. The molecule has 0 spiro atoms. The molecule has 0 aliphatic heterocycles. The van der Waals surface area contributed by atoms with Gasteiger partial charge in [-0.3, -0.25) is 0 Å². The van der Waals surface area contributed by atoms with Crippen LogP contribution in [0, 0.1) is 3.57 Å². The van der Waals surface area contributed by atoms with E-state index in [2.05, 4.69) is 53.5 Å². The molecule has 11 heavy (non-hydrogen) atoms. The Morgan fingerprint density at radius 2 is 2.45 bits per heavy atom. The summed E-state index contributed by atoms with van der Waals surface area (Å²) >= 11 is 5.53. The maximum Gasteiger partial charge on any atom is 0.304 e. The van der Waals surface area contributed by atoms with Crippen LogP contribution >= 0.6 is 38.5 Å². The van der Waals surface area contributed by atoms with Crippen LogP contribution in [0.15, 0.2) is 17.0 Å². The summed E-state index contributed by atoms with van der Waals surface area (Å²) in [4.78, 5) is 10.4. The Morgan fingerprint density at radius 1 is 1.64 bits per heavy atom. The van der Waals surface area contributed by atoms with Crippen molar-refractivity contribution in [2.75, 3.05) is 0 Å². The molecule has 2 rings (SSSR count). The molecule has 5 heteroatoms. The van der Waals surface area contributed by atoms with Gasteiger partial charge < -0.3 is 0 Å². The molecule has 2 N–H and O–H groups in total. The van der Waals surface area contributed by atoms with E-state index < -0.39 is 0 Å². The number of rotatable bonds is 0. The second-order valence-electron chi connectivity index (χ2n) is 2.08. The third kappa shape index (κ3) is 1.26. The molecule has 0 saturated carbocycles. The van der Waals surface area contributed by atoms with Crippen molar-refractivity contribution >= 4 is 49.7 Å². The Labute approximate surface area is 84.9 Å². The largest absolute Gasteiger partial charge is 0.304 e. The van der Waals surface area contributed by atoms with Crippen molar-refractivity contribution < 1.29 is 4.98 Å². The van der Waals surface area contributed by atoms with Gasteiger partial charge in [-0.2, -0.15) is 0 Å². The average Bonchev–Trinajstić information content (AvgIpc) is 2.33. The topological polar surface area (TPSA) is 42.8 Å². The number of nitrogens with one attached hydrogen (secondary N) is 2. The lowest BCUT2D eigenvalue weighted by atomic mass is 10.5. The smallest absolute Gasteiger partial charge is 0.244 e. The Morgan fingerprint density at radius 3 is 3.27 bits per heavy atom. The van der Waals surface area contributed by atoms with Gasteiger partial charge in [0.15, 0.2) is 5.52 Å². The zero-order chi connectivity index (χ0) is 7.84. The molecule has 2 aromatic rings. The number of hydrogen-bond acceptors (Lipinski definition) is 1. The third-order valence-electron chi connectivity index (χ3n) is 1.36. The van der Waals surface area contributed by atoms with Gasteiger partial charge in [-0.25, -0.2) is 15.0 Å². The van der Waals surface area contributed by atoms with E-state index in [1.54, 1.807) is 6.20 Å². The molecule has 0 unspecified atom stereocenters. The average molecular weight is 325 g/mol. The quantitative estimate of drug-likeness (QED) is 0.737. The molecular weight excluding hydrogens is 321 g/mol. The summed E-state index contributed by atoms with van der Waals surface area (Å²) in [7, 11) is 0. The van der Waals surface area contributed by atoms with Gasteiger partial charge in [-0.1, -0.05) is 0 Å². The van der Waals surface area contributed by atoms with Gasteiger partial charge >= 0.3 is 5.65 Å². The van der Waals surface area contributed by atoms with Crippen molar-refractivity contribution in [2.24, 2.45) is 0 Å². The van der Waals surface area contributed by atoms with Gasteiger partial charge in [0.05, 0.1) is 3.57 Å². The van der Waals surface area contributed by atoms with Crippen molar-refractivity contribution in [3.05, 3.63) is 20.6 Å². The van der Waals surface area contributed by atoms with Crippen LogP contribution in [0.2, 0.25) is 0 Å². The van der Waals surface area contributed by atoms with Crippen molar-refractivity contribution in [3.8, 4) is 0 Å². The van der Waals surface area contributed by atoms with Gasteiger partial charge in [0.2, 0.25) is 0 Å². The van der Waals surface area contributed by atoms with E-state index in [4.69, 9.17) is 0 Å². The van der Waals surface area contributed by atoms with Crippen molar-refractivity contribution in [1.29, 1.82) is 0 Å². The number of halogens is 2. The minimum Gasteiger partial charge on any atom is -0.244 e. The van der Waals surface area contributed by atoms with Crippen LogP contribution in [0.1, 0.15) is 0 Å². The van der Waals surface area contributed by atoms with Crippen LogP contribution in [0.3, 0.4) is 0 Å². The Bertz CT molecular complexity index is 398. The lowest BCUT2D eigenvalue weighted by Crippen LogP contribution is -2.03. The fourth-order valence-electron chi connectivity index (χ4n) is 0.882. The number of nitrogens with zero attached hydrogens (tertiary/aromatic N) is 1. The fourth-order valence-corrected chi connectivity index (χ4v) is 1.72. The first-order valence-corrected chi connectivity index (χ1v) is 4.85. The minimum absolute atomic E-state index is 0.822. The predicted molar refractivity (Wildman–Crippen MR) is 53.1 cm³/mol. The number of aromatic nitrogens is 3. The highest BCUT2D eigenvalue weighted by Gasteiger charge is 2.08. The molecule has 0 fully saturated rings. The number of H-pyrrole nitrogens is 2. The second kappa shape index (κ2) is 2.71. The van der Waals surface area contributed by atoms with Gasteiger partial charge in [0.25, 0.3) is 0 Å². The third-order valence-corrected chi connectivity index (χ3v) is 2.59. The van der Waals surface area contributed by atoms with Crippen LogP contribution < -0.4 is 4.98 Å². The molecule has 0 amide bonds. The first kappa shape index (κ1) is 7.48. The molecule has 56 valence electrons. The van der Waals surface area contributed by atoms with Gasteiger partial charge in [-0.05, 0) is 38.5 Å². The Kier molecular flexibility index (Phi) is 1.84. The van der Waals surface area contributed by atoms with Crippen LogP contribution in [0.25, 0.3) is 11.2 Å². The van der Waals surface area contributed by atoms with Crippen LogP contribution in [-0.2, 0) is 0 Å². The SMILES string of the molecule is Brc1c[nH+]c2[nH]cc(I)c2n1. The van der Waals surface area contributed by atoms with Crippen LogP contribution in [-0.4, -0.2) is 9.97 Å². The highest BCUT2D eigenvalue weighted by Crippen LogP contribution is 2.15. The second-order valence-corrected chi connectivity index (χ2v) is 4.06. The lowest BCUT2D eigenvalue weighted by molar-refractivity contribution is -0.349. The highest BCUT2D eigenvalue weighted by atomic mass is 127. The molecule has 0 aromatic carbocycles. The molecule has 0 aliphatic rings. The first-order valence-electron chi connectivity index (χ1n) is 2.98. The normalized spacial score (nSPS) is 10.7. The van der Waals surface area contributed by atoms with Crippen molar-refractivity contribution in [1.82, 2.24) is 9.97 Å². The van der Waals surface area contributed by atoms with Crippen molar-refractivity contribution in [3.63, 3.8) is 0 Å². The lowest BCUT2D eigenvalue weighted by Gasteiger charge is -1.85. The Balaban J connectivity index is 2.87. The summed E-state index contributed by atoms with van der Waals surface area (Å²) < 4.78 is 1.94. The summed E-state index contributed by atoms with van der Waals surface area (Å²) in [6, 6.07) is 0. The van der Waals surface area contributed by atoms with Crippen LogP contribution in [0.5, 0.6) is 0 Å². The summed E-state index contributed by atoms with van der Waals surface area (Å²) in [6.07, 6.45) is 3.72. The van der Waals surface area contributed by atoms with Crippen molar-refractivity contribution in [2.45, 2.75) is 0 Å². The molecule has 0 bridgehead atoms. The van der Waals surface area contributed by atoms with E-state index in [-0.39, 0.29) is 0 Å². The fraction of sp³-hybridized carbons (Fsp3) is 0. The Hall–Kier alpha value is -0.170. The molecule has 0 aliphatic carbocycles. The molecule has 2 aromatic heterocycles. The van der Waals surface area contributed by atoms with E-state index >= 15 is 0 Å². The van der Waals surface area contributed by atoms with Gasteiger partial charge in [0, 0.05) is 0 Å². The zero-order valence-corrected chi connectivity index (χ0v) is 9.10. The number of aromatic amines is 2. The highest BCUT2D eigenvalue weighted by molar-refractivity contribution is 14.1. The van der Waals surface area contributed by atoms with Gasteiger partial charge in [-0.15, -0.1) is 0 Å². The number of hydrogen-bond donors (Lipinski definition) is 1. The molecule has 3 nitrogen and oxygen atoms in total. The summed E-state index contributed by atoms with van der Waals surface area (Å²) in [6.45, 7) is 0. The standard InChI is InChI=1S/C6H3BrIN3/c7-4-2-10-6-5(11-4)3(8)1-9-6/h1-2H,(H,9,10)/p+1. The molecule has 0 saturated heterocycles. The summed E-state index contributed by atoms with van der Waals surface area (Å²) in [5, 5.41) is 0. The molecule has 2 heterocycles. The van der Waals surface area contributed by atoms with E-state index in [9.17, 15) is 0 Å². The zero-order valence-electron chi connectivity index (χ0n) is 5.36. The maximum absolute atomic E-state index is 4.28. The molecule has 0 atom stereocenters. The predicted octanol–water partition coefficient (Wildman–Crippen LogP) is 1.74. The maximum atomic E-state index is 4.28. The molecule has 0 radical (unpaired) electrons. The number of fused-ring (bicyclic) bond motifs is 1. The van der Waals surface area contributed by atoms with E-state index in [1.165, 1.54) is 0 Å². The molecular formula is C6H4BrIN3+.